The molecule has 2 rings (SSSR count). The lowest BCUT2D eigenvalue weighted by Gasteiger charge is -2.31. The van der Waals surface area contributed by atoms with Crippen LogP contribution in [-0.4, -0.2) is 16.4 Å². The van der Waals surface area contributed by atoms with Gasteiger partial charge in [0.2, 0.25) is 0 Å². The van der Waals surface area contributed by atoms with Gasteiger partial charge in [0.25, 0.3) is 5.69 Å². The third kappa shape index (κ3) is 2.53. The maximum atomic E-state index is 10.5. The van der Waals surface area contributed by atoms with Crippen molar-refractivity contribution >= 4 is 5.69 Å². The van der Waals surface area contributed by atoms with Crippen LogP contribution >= 0.6 is 0 Å². The van der Waals surface area contributed by atoms with E-state index in [-0.39, 0.29) is 10.6 Å². The molecule has 0 saturated heterocycles. The summed E-state index contributed by atoms with van der Waals surface area (Å²) in [6, 6.07) is 6.67. The number of benzene rings is 1. The molecule has 17 heavy (non-hydrogen) atoms. The molecule has 0 saturated carbocycles. The molecular formula is C13H14N2O2. The minimum atomic E-state index is -0.382. The van der Waals surface area contributed by atoms with Crippen LogP contribution in [0.4, 0.5) is 5.69 Å². The Kier molecular flexibility index (Phi) is 2.95. The number of hydrogen-bond acceptors (Lipinski definition) is 3. The predicted octanol–water partition coefficient (Wildman–Crippen LogP) is 2.87. The molecule has 1 heterocycles. The Labute approximate surface area is 100 Å². The molecule has 0 unspecified atom stereocenters. The Morgan fingerprint density at radius 1 is 1.47 bits per heavy atom. The summed E-state index contributed by atoms with van der Waals surface area (Å²) >= 11 is 0. The maximum Gasteiger partial charge on any atom is 0.269 e. The third-order valence-electron chi connectivity index (χ3n) is 2.79. The van der Waals surface area contributed by atoms with E-state index in [0.29, 0.717) is 0 Å². The van der Waals surface area contributed by atoms with Gasteiger partial charge in [0.05, 0.1) is 4.92 Å². The molecule has 1 aromatic rings. The first-order valence-electron chi connectivity index (χ1n) is 5.40. The Balaban J connectivity index is 1.97. The maximum absolute atomic E-state index is 10.5. The molecule has 0 aliphatic carbocycles. The van der Waals surface area contributed by atoms with E-state index >= 15 is 0 Å². The first-order valence-corrected chi connectivity index (χ1v) is 5.40. The summed E-state index contributed by atoms with van der Waals surface area (Å²) in [4.78, 5) is 12.3. The molecule has 88 valence electrons. The lowest BCUT2D eigenvalue weighted by Crippen LogP contribution is -2.29. The van der Waals surface area contributed by atoms with Gasteiger partial charge in [-0.05, 0) is 18.1 Å². The van der Waals surface area contributed by atoms with Gasteiger partial charge >= 0.3 is 0 Å². The zero-order valence-corrected chi connectivity index (χ0v) is 9.72. The molecule has 0 aromatic heterocycles. The molecule has 0 bridgehead atoms. The van der Waals surface area contributed by atoms with Crippen LogP contribution in [0.2, 0.25) is 0 Å². The lowest BCUT2D eigenvalue weighted by molar-refractivity contribution is -0.384. The summed E-state index contributed by atoms with van der Waals surface area (Å²) in [6.07, 6.45) is 2.07. The van der Waals surface area contributed by atoms with Crippen LogP contribution in [0.1, 0.15) is 12.5 Å². The number of nitrogens with zero attached hydrogens (tertiary/aromatic N) is 2. The smallest absolute Gasteiger partial charge is 0.269 e. The highest BCUT2D eigenvalue weighted by Gasteiger charge is 2.15. The predicted molar refractivity (Wildman–Crippen MR) is 66.4 cm³/mol. The summed E-state index contributed by atoms with van der Waals surface area (Å²) in [6.45, 7) is 7.57. The Morgan fingerprint density at radius 2 is 2.06 bits per heavy atom. The summed E-state index contributed by atoms with van der Waals surface area (Å²) < 4.78 is 0. The zero-order valence-electron chi connectivity index (χ0n) is 9.72. The summed E-state index contributed by atoms with van der Waals surface area (Å²) in [5, 5.41) is 10.5. The minimum Gasteiger partial charge on any atom is -0.368 e. The van der Waals surface area contributed by atoms with Crippen molar-refractivity contribution in [3.05, 3.63) is 63.9 Å². The van der Waals surface area contributed by atoms with Gasteiger partial charge in [-0.2, -0.15) is 0 Å². The molecule has 0 N–H and O–H groups in total. The van der Waals surface area contributed by atoms with Crippen molar-refractivity contribution in [1.82, 2.24) is 4.90 Å². The average molecular weight is 230 g/mol. The van der Waals surface area contributed by atoms with Gasteiger partial charge in [-0.25, -0.2) is 0 Å². The number of hydrogen-bond donors (Lipinski definition) is 0. The quantitative estimate of drug-likeness (QED) is 0.590. The van der Waals surface area contributed by atoms with Gasteiger partial charge < -0.3 is 4.90 Å². The third-order valence-corrected chi connectivity index (χ3v) is 2.79. The molecule has 0 fully saturated rings. The topological polar surface area (TPSA) is 46.4 Å². The summed E-state index contributed by atoms with van der Waals surface area (Å²) in [7, 11) is 0. The second kappa shape index (κ2) is 4.41. The first-order chi connectivity index (χ1) is 8.06. The molecule has 0 radical (unpaired) electrons. The van der Waals surface area contributed by atoms with E-state index in [2.05, 4.69) is 17.7 Å². The van der Waals surface area contributed by atoms with Crippen LogP contribution in [0.25, 0.3) is 0 Å². The van der Waals surface area contributed by atoms with E-state index in [1.165, 1.54) is 5.57 Å². The second-order valence-electron chi connectivity index (χ2n) is 4.26. The molecule has 4 nitrogen and oxygen atoms in total. The van der Waals surface area contributed by atoms with Crippen LogP contribution in [0.5, 0.6) is 0 Å². The van der Waals surface area contributed by atoms with Gasteiger partial charge in [0, 0.05) is 31.4 Å². The number of nitro groups is 1. The van der Waals surface area contributed by atoms with Crippen molar-refractivity contribution in [3.63, 3.8) is 0 Å². The van der Waals surface area contributed by atoms with E-state index < -0.39 is 0 Å². The highest BCUT2D eigenvalue weighted by Crippen LogP contribution is 2.22. The van der Waals surface area contributed by atoms with E-state index in [0.717, 1.165) is 24.2 Å². The van der Waals surface area contributed by atoms with Crippen LogP contribution in [-0.2, 0) is 6.54 Å². The van der Waals surface area contributed by atoms with Crippen molar-refractivity contribution in [1.29, 1.82) is 0 Å². The summed E-state index contributed by atoms with van der Waals surface area (Å²) in [5.74, 6) is 0. The number of non-ortho nitro benzene ring substituents is 1. The molecular weight excluding hydrogens is 216 g/mol. The zero-order chi connectivity index (χ0) is 12.4. The van der Waals surface area contributed by atoms with Gasteiger partial charge in [-0.3, -0.25) is 10.1 Å². The fourth-order valence-corrected chi connectivity index (χ4v) is 1.72. The van der Waals surface area contributed by atoms with Gasteiger partial charge in [0.15, 0.2) is 0 Å². The van der Waals surface area contributed by atoms with Crippen molar-refractivity contribution in [2.75, 3.05) is 6.54 Å². The highest BCUT2D eigenvalue weighted by atomic mass is 16.6. The lowest BCUT2D eigenvalue weighted by atomic mass is 10.0. The van der Waals surface area contributed by atoms with Gasteiger partial charge in [-0.1, -0.05) is 24.3 Å². The van der Waals surface area contributed by atoms with Gasteiger partial charge in [0.1, 0.15) is 0 Å². The van der Waals surface area contributed by atoms with Crippen LogP contribution in [0, 0.1) is 10.1 Å². The molecule has 1 aromatic carbocycles. The van der Waals surface area contributed by atoms with Gasteiger partial charge in [-0.15, -0.1) is 0 Å². The minimum absolute atomic E-state index is 0.135. The molecule has 1 aliphatic heterocycles. The normalized spacial score (nSPS) is 13.9. The Hall–Kier alpha value is -2.10. The van der Waals surface area contributed by atoms with Crippen molar-refractivity contribution in [2.24, 2.45) is 0 Å². The fraction of sp³-hybridized carbons (Fsp3) is 0.231. The standard InChI is InChI=1S/C13H14N2O2/c1-10(2)12-8-14(9-12)7-11-3-5-13(6-4-11)15(16)17/h3-6,8H,1,7,9H2,2H3. The number of nitro benzene ring substituents is 1. The molecule has 0 amide bonds. The Bertz CT molecular complexity index is 489. The van der Waals surface area contributed by atoms with Crippen LogP contribution < -0.4 is 0 Å². The van der Waals surface area contributed by atoms with Crippen molar-refractivity contribution in [2.45, 2.75) is 13.5 Å². The SMILES string of the molecule is C=C(C)C1=CN(Cc2ccc([N+](=O)[O-])cc2)C1. The van der Waals surface area contributed by atoms with Crippen molar-refractivity contribution in [3.8, 4) is 0 Å². The molecule has 0 atom stereocenters. The number of rotatable bonds is 4. The Morgan fingerprint density at radius 3 is 2.53 bits per heavy atom. The molecule has 4 heteroatoms. The first kappa shape index (κ1) is 11.4. The van der Waals surface area contributed by atoms with Crippen LogP contribution in [0.3, 0.4) is 0 Å². The average Bonchev–Trinajstić information content (AvgIpc) is 2.23. The largest absolute Gasteiger partial charge is 0.368 e. The van der Waals surface area contributed by atoms with E-state index in [4.69, 9.17) is 0 Å². The van der Waals surface area contributed by atoms with E-state index in [9.17, 15) is 10.1 Å². The van der Waals surface area contributed by atoms with Crippen molar-refractivity contribution < 1.29 is 4.92 Å². The van der Waals surface area contributed by atoms with Crippen LogP contribution in [0.15, 0.2) is 48.2 Å². The second-order valence-corrected chi connectivity index (χ2v) is 4.26. The monoisotopic (exact) mass is 230 g/mol. The van der Waals surface area contributed by atoms with E-state index in [1.54, 1.807) is 24.3 Å². The highest BCUT2D eigenvalue weighted by molar-refractivity contribution is 5.36. The molecule has 1 aliphatic rings. The fourth-order valence-electron chi connectivity index (χ4n) is 1.72. The summed E-state index contributed by atoms with van der Waals surface area (Å²) in [5.41, 5.74) is 3.58. The van der Waals surface area contributed by atoms with E-state index in [1.807, 2.05) is 6.92 Å². The molecule has 0 spiro atoms.